The van der Waals surface area contributed by atoms with Crippen LogP contribution in [0.15, 0.2) is 29.2 Å². The molecule has 1 fully saturated rings. The first kappa shape index (κ1) is 14.9. The van der Waals surface area contributed by atoms with Gasteiger partial charge in [-0.2, -0.15) is 0 Å². The molecule has 0 aromatic heterocycles. The summed E-state index contributed by atoms with van der Waals surface area (Å²) in [6.45, 7) is 2.20. The molecule has 0 aliphatic carbocycles. The summed E-state index contributed by atoms with van der Waals surface area (Å²) in [5.74, 6) is -0.976. The van der Waals surface area contributed by atoms with Crippen LogP contribution in [0, 0.1) is 5.82 Å². The predicted octanol–water partition coefficient (Wildman–Crippen LogP) is 0.547. The molecule has 7 heteroatoms. The summed E-state index contributed by atoms with van der Waals surface area (Å²) in [5, 5.41) is -1.20. The van der Waals surface area contributed by atoms with Crippen LogP contribution in [0.5, 0.6) is 0 Å². The van der Waals surface area contributed by atoms with Crippen molar-refractivity contribution in [3.8, 4) is 0 Å². The zero-order valence-corrected chi connectivity index (χ0v) is 11.9. The van der Waals surface area contributed by atoms with Gasteiger partial charge in [-0.05, 0) is 37.6 Å². The van der Waals surface area contributed by atoms with Crippen LogP contribution in [0.4, 0.5) is 4.39 Å². The van der Waals surface area contributed by atoms with Crippen molar-refractivity contribution in [1.82, 2.24) is 4.90 Å². The Bertz CT molecular complexity index is 601. The van der Waals surface area contributed by atoms with Gasteiger partial charge in [-0.25, -0.2) is 12.8 Å². The first-order valence-electron chi connectivity index (χ1n) is 6.36. The van der Waals surface area contributed by atoms with E-state index in [1.165, 1.54) is 24.0 Å². The molecule has 1 heterocycles. The minimum atomic E-state index is -3.81. The topological polar surface area (TPSA) is 80.5 Å². The number of carbonyl (C=O) groups is 1. The number of likely N-dealkylation sites (tertiary alicyclic amines) is 1. The van der Waals surface area contributed by atoms with Crippen LogP contribution in [-0.2, 0) is 14.6 Å². The molecule has 20 heavy (non-hydrogen) atoms. The number of sulfone groups is 1. The molecule has 5 nitrogen and oxygen atoms in total. The summed E-state index contributed by atoms with van der Waals surface area (Å²) in [4.78, 5) is 13.6. The molecule has 2 atom stereocenters. The highest BCUT2D eigenvalue weighted by Gasteiger charge is 2.35. The van der Waals surface area contributed by atoms with Crippen LogP contribution in [-0.4, -0.2) is 43.6 Å². The van der Waals surface area contributed by atoms with Gasteiger partial charge >= 0.3 is 0 Å². The molecule has 0 saturated carbocycles. The number of carbonyl (C=O) groups excluding carboxylic acids is 1. The SMILES string of the molecule is C[C@@H](C(=O)N1CC[C@H](N)C1)S(=O)(=O)c1ccc(F)cc1. The molecule has 0 spiro atoms. The van der Waals surface area contributed by atoms with Gasteiger partial charge in [0.1, 0.15) is 11.1 Å². The van der Waals surface area contributed by atoms with Crippen LogP contribution < -0.4 is 5.73 Å². The van der Waals surface area contributed by atoms with Gasteiger partial charge in [0.2, 0.25) is 5.91 Å². The number of hydrogen-bond donors (Lipinski definition) is 1. The van der Waals surface area contributed by atoms with E-state index in [0.29, 0.717) is 19.5 Å². The van der Waals surface area contributed by atoms with Gasteiger partial charge in [0, 0.05) is 19.1 Å². The summed E-state index contributed by atoms with van der Waals surface area (Å²) in [7, 11) is -3.81. The van der Waals surface area contributed by atoms with Crippen molar-refractivity contribution in [1.29, 1.82) is 0 Å². The quantitative estimate of drug-likeness (QED) is 0.827. The van der Waals surface area contributed by atoms with E-state index in [-0.39, 0.29) is 10.9 Å². The van der Waals surface area contributed by atoms with E-state index in [9.17, 15) is 17.6 Å². The van der Waals surface area contributed by atoms with Gasteiger partial charge in [0.25, 0.3) is 0 Å². The minimum Gasteiger partial charge on any atom is -0.340 e. The lowest BCUT2D eigenvalue weighted by atomic mass is 10.3. The van der Waals surface area contributed by atoms with Crippen molar-refractivity contribution in [2.24, 2.45) is 5.73 Å². The molecular weight excluding hydrogens is 283 g/mol. The molecule has 1 saturated heterocycles. The summed E-state index contributed by atoms with van der Waals surface area (Å²) in [5.41, 5.74) is 5.71. The largest absolute Gasteiger partial charge is 0.340 e. The van der Waals surface area contributed by atoms with Crippen molar-refractivity contribution in [2.75, 3.05) is 13.1 Å². The van der Waals surface area contributed by atoms with Gasteiger partial charge in [-0.15, -0.1) is 0 Å². The third-order valence-electron chi connectivity index (χ3n) is 3.49. The van der Waals surface area contributed by atoms with E-state index >= 15 is 0 Å². The zero-order chi connectivity index (χ0) is 14.9. The van der Waals surface area contributed by atoms with Crippen molar-refractivity contribution < 1.29 is 17.6 Å². The number of amides is 1. The molecule has 1 aromatic rings. The van der Waals surface area contributed by atoms with E-state index < -0.39 is 26.8 Å². The van der Waals surface area contributed by atoms with E-state index in [1.54, 1.807) is 0 Å². The van der Waals surface area contributed by atoms with Gasteiger partial charge in [0.15, 0.2) is 9.84 Å². The second-order valence-corrected chi connectivity index (χ2v) is 7.24. The molecule has 1 aliphatic heterocycles. The van der Waals surface area contributed by atoms with Crippen molar-refractivity contribution in [2.45, 2.75) is 29.5 Å². The third-order valence-corrected chi connectivity index (χ3v) is 5.55. The Kier molecular flexibility index (Phi) is 4.10. The second-order valence-electron chi connectivity index (χ2n) is 4.97. The normalized spacial score (nSPS) is 20.9. The number of nitrogens with two attached hydrogens (primary N) is 1. The third kappa shape index (κ3) is 2.83. The lowest BCUT2D eigenvalue weighted by Gasteiger charge is -2.20. The number of nitrogens with zero attached hydrogens (tertiary/aromatic N) is 1. The molecule has 2 rings (SSSR count). The Hall–Kier alpha value is -1.47. The fourth-order valence-electron chi connectivity index (χ4n) is 2.21. The molecular formula is C13H17FN2O3S. The average Bonchev–Trinajstić information content (AvgIpc) is 2.84. The van der Waals surface area contributed by atoms with E-state index in [0.717, 1.165) is 12.1 Å². The Morgan fingerprint density at radius 2 is 2.00 bits per heavy atom. The van der Waals surface area contributed by atoms with Crippen molar-refractivity contribution in [3.05, 3.63) is 30.1 Å². The molecule has 1 amide bonds. The van der Waals surface area contributed by atoms with Crippen LogP contribution in [0.2, 0.25) is 0 Å². The highest BCUT2D eigenvalue weighted by molar-refractivity contribution is 7.92. The number of rotatable bonds is 3. The fourth-order valence-corrected chi connectivity index (χ4v) is 3.54. The minimum absolute atomic E-state index is 0.0526. The van der Waals surface area contributed by atoms with Gasteiger partial charge in [-0.3, -0.25) is 4.79 Å². The summed E-state index contributed by atoms with van der Waals surface area (Å²) in [6, 6.07) is 4.37. The van der Waals surface area contributed by atoms with Crippen LogP contribution >= 0.6 is 0 Å². The van der Waals surface area contributed by atoms with E-state index in [4.69, 9.17) is 5.73 Å². The van der Waals surface area contributed by atoms with Crippen molar-refractivity contribution >= 4 is 15.7 Å². The second kappa shape index (κ2) is 5.49. The Morgan fingerprint density at radius 3 is 2.50 bits per heavy atom. The molecule has 1 aromatic carbocycles. The molecule has 0 bridgehead atoms. The van der Waals surface area contributed by atoms with Gasteiger partial charge < -0.3 is 10.6 Å². The Labute approximate surface area is 117 Å². The maximum absolute atomic E-state index is 12.8. The maximum atomic E-state index is 12.8. The predicted molar refractivity (Wildman–Crippen MR) is 72.2 cm³/mol. The lowest BCUT2D eigenvalue weighted by molar-refractivity contribution is -0.129. The maximum Gasteiger partial charge on any atom is 0.241 e. The van der Waals surface area contributed by atoms with E-state index in [2.05, 4.69) is 0 Å². The number of hydrogen-bond acceptors (Lipinski definition) is 4. The lowest BCUT2D eigenvalue weighted by Crippen LogP contribution is -2.41. The van der Waals surface area contributed by atoms with Crippen LogP contribution in [0.3, 0.4) is 0 Å². The Morgan fingerprint density at radius 1 is 1.40 bits per heavy atom. The van der Waals surface area contributed by atoms with E-state index in [1.807, 2.05) is 0 Å². The van der Waals surface area contributed by atoms with Crippen molar-refractivity contribution in [3.63, 3.8) is 0 Å². The average molecular weight is 300 g/mol. The molecule has 0 radical (unpaired) electrons. The van der Waals surface area contributed by atoms with Crippen LogP contribution in [0.25, 0.3) is 0 Å². The number of halogens is 1. The van der Waals surface area contributed by atoms with Gasteiger partial charge in [0.05, 0.1) is 4.90 Å². The highest BCUT2D eigenvalue weighted by atomic mass is 32.2. The summed E-state index contributed by atoms with van der Waals surface area (Å²) < 4.78 is 37.5. The van der Waals surface area contributed by atoms with Gasteiger partial charge in [-0.1, -0.05) is 0 Å². The first-order chi connectivity index (χ1) is 9.32. The summed E-state index contributed by atoms with van der Waals surface area (Å²) >= 11 is 0. The first-order valence-corrected chi connectivity index (χ1v) is 7.91. The summed E-state index contributed by atoms with van der Waals surface area (Å²) in [6.07, 6.45) is 0.676. The molecule has 110 valence electrons. The van der Waals surface area contributed by atoms with Crippen LogP contribution in [0.1, 0.15) is 13.3 Å². The smallest absolute Gasteiger partial charge is 0.241 e. The molecule has 1 aliphatic rings. The number of benzene rings is 1. The standard InChI is InChI=1S/C13H17FN2O3S/c1-9(13(17)16-7-6-11(15)8-16)20(18,19)12-4-2-10(14)3-5-12/h2-5,9,11H,6-8,15H2,1H3/t9-,11-/m0/s1. The Balaban J connectivity index is 2.20. The zero-order valence-electron chi connectivity index (χ0n) is 11.1. The monoisotopic (exact) mass is 300 g/mol. The highest BCUT2D eigenvalue weighted by Crippen LogP contribution is 2.20. The fraction of sp³-hybridized carbons (Fsp3) is 0.462. The molecule has 0 unspecified atom stereocenters. The molecule has 2 N–H and O–H groups in total.